The first-order chi connectivity index (χ1) is 11.9. The number of rotatable bonds is 5. The first kappa shape index (κ1) is 17.0. The predicted molar refractivity (Wildman–Crippen MR) is 97.4 cm³/mol. The third-order valence-electron chi connectivity index (χ3n) is 3.57. The maximum atomic E-state index is 12.4. The number of nitrogens with zero attached hydrogens (tertiary/aromatic N) is 1. The van der Waals surface area contributed by atoms with Crippen molar-refractivity contribution in [3.63, 3.8) is 0 Å². The van der Waals surface area contributed by atoms with Gasteiger partial charge in [0.05, 0.1) is 11.4 Å². The van der Waals surface area contributed by atoms with Gasteiger partial charge in [0.2, 0.25) is 5.91 Å². The van der Waals surface area contributed by atoms with Gasteiger partial charge in [0.15, 0.2) is 0 Å². The van der Waals surface area contributed by atoms with E-state index in [4.69, 9.17) is 0 Å². The Hall–Kier alpha value is -2.87. The zero-order chi connectivity index (χ0) is 17.9. The molecule has 0 fully saturated rings. The molecule has 3 rings (SSSR count). The van der Waals surface area contributed by atoms with Crippen molar-refractivity contribution in [2.24, 2.45) is 4.99 Å². The molecule has 1 amide bonds. The number of amides is 1. The molecule has 0 unspecified atom stereocenters. The summed E-state index contributed by atoms with van der Waals surface area (Å²) in [4.78, 5) is 15.4. The zero-order valence-electron chi connectivity index (χ0n) is 13.6. The smallest absolute Gasteiger partial charge is 0.261 e. The van der Waals surface area contributed by atoms with Gasteiger partial charge in [0.25, 0.3) is 10.0 Å². The Bertz CT molecular complexity index is 904. The summed E-state index contributed by atoms with van der Waals surface area (Å²) in [6, 6.07) is 13.0. The molecule has 2 aromatic rings. The summed E-state index contributed by atoms with van der Waals surface area (Å²) in [5, 5.41) is 5.76. The van der Waals surface area contributed by atoms with Crippen LogP contribution in [0.25, 0.3) is 0 Å². The molecule has 25 heavy (non-hydrogen) atoms. The van der Waals surface area contributed by atoms with Crippen LogP contribution in [0.1, 0.15) is 12.5 Å². The van der Waals surface area contributed by atoms with Crippen molar-refractivity contribution in [2.75, 3.05) is 23.1 Å². The van der Waals surface area contributed by atoms with Crippen molar-refractivity contribution in [1.82, 2.24) is 5.32 Å². The standard InChI is InChI=1S/C17H18N4O3S/c1-12(22)20-14-6-8-16(9-7-14)25(23,24)21-15-4-2-13(3-5-15)17-18-10-11-19-17/h2-9,21H,10-11H2,1H3,(H,18,19)(H,20,22). The van der Waals surface area contributed by atoms with E-state index in [0.29, 0.717) is 11.4 Å². The molecule has 0 saturated carbocycles. The Labute approximate surface area is 146 Å². The summed E-state index contributed by atoms with van der Waals surface area (Å²) in [6.07, 6.45) is 0. The normalized spacial score (nSPS) is 13.7. The quantitative estimate of drug-likeness (QED) is 0.759. The van der Waals surface area contributed by atoms with Gasteiger partial charge in [-0.05, 0) is 48.5 Å². The van der Waals surface area contributed by atoms with E-state index in [9.17, 15) is 13.2 Å². The Balaban J connectivity index is 1.73. The van der Waals surface area contributed by atoms with E-state index >= 15 is 0 Å². The van der Waals surface area contributed by atoms with Crippen LogP contribution >= 0.6 is 0 Å². The number of carbonyl (C=O) groups is 1. The number of anilines is 2. The molecule has 0 radical (unpaired) electrons. The zero-order valence-corrected chi connectivity index (χ0v) is 14.4. The number of hydrogen-bond donors (Lipinski definition) is 3. The summed E-state index contributed by atoms with van der Waals surface area (Å²) >= 11 is 0. The van der Waals surface area contributed by atoms with E-state index in [1.807, 2.05) is 12.1 Å². The van der Waals surface area contributed by atoms with Crippen LogP contribution in [0.3, 0.4) is 0 Å². The molecule has 1 aliphatic rings. The molecule has 0 saturated heterocycles. The molecule has 1 heterocycles. The highest BCUT2D eigenvalue weighted by atomic mass is 32.2. The van der Waals surface area contributed by atoms with Gasteiger partial charge >= 0.3 is 0 Å². The first-order valence-corrected chi connectivity index (χ1v) is 9.21. The summed E-state index contributed by atoms with van der Waals surface area (Å²) in [5.41, 5.74) is 1.93. The van der Waals surface area contributed by atoms with Gasteiger partial charge in [-0.3, -0.25) is 14.5 Å². The number of hydrogen-bond acceptors (Lipinski definition) is 5. The number of carbonyl (C=O) groups excluding carboxylic acids is 1. The molecule has 0 spiro atoms. The van der Waals surface area contributed by atoms with Crippen molar-refractivity contribution in [2.45, 2.75) is 11.8 Å². The van der Waals surface area contributed by atoms with Crippen LogP contribution in [-0.4, -0.2) is 33.3 Å². The van der Waals surface area contributed by atoms with Gasteiger partial charge in [-0.2, -0.15) is 0 Å². The van der Waals surface area contributed by atoms with Gasteiger partial charge in [0, 0.05) is 30.4 Å². The number of sulfonamides is 1. The van der Waals surface area contributed by atoms with E-state index in [-0.39, 0.29) is 10.8 Å². The summed E-state index contributed by atoms with van der Waals surface area (Å²) < 4.78 is 27.4. The van der Waals surface area contributed by atoms with Crippen LogP contribution in [0.5, 0.6) is 0 Å². The molecule has 0 bridgehead atoms. The minimum atomic E-state index is -3.70. The van der Waals surface area contributed by atoms with Crippen molar-refractivity contribution in [3.8, 4) is 0 Å². The lowest BCUT2D eigenvalue weighted by molar-refractivity contribution is -0.114. The minimum Gasteiger partial charge on any atom is -0.368 e. The van der Waals surface area contributed by atoms with Crippen LogP contribution in [-0.2, 0) is 14.8 Å². The van der Waals surface area contributed by atoms with E-state index in [1.165, 1.54) is 19.1 Å². The molecule has 3 N–H and O–H groups in total. The highest BCUT2D eigenvalue weighted by Crippen LogP contribution is 2.19. The van der Waals surface area contributed by atoms with E-state index in [2.05, 4.69) is 20.3 Å². The van der Waals surface area contributed by atoms with Gasteiger partial charge in [-0.15, -0.1) is 0 Å². The summed E-state index contributed by atoms with van der Waals surface area (Å²) in [7, 11) is -3.70. The van der Waals surface area contributed by atoms with E-state index in [1.54, 1.807) is 24.3 Å². The number of benzene rings is 2. The Kier molecular flexibility index (Phi) is 4.71. The molecular weight excluding hydrogens is 340 g/mol. The second-order valence-corrected chi connectivity index (χ2v) is 7.23. The third-order valence-corrected chi connectivity index (χ3v) is 4.97. The molecule has 0 aliphatic carbocycles. The van der Waals surface area contributed by atoms with Gasteiger partial charge in [-0.1, -0.05) is 0 Å². The third kappa shape index (κ3) is 4.16. The fourth-order valence-electron chi connectivity index (χ4n) is 2.42. The SMILES string of the molecule is CC(=O)Nc1ccc(S(=O)(=O)Nc2ccc(C3=NCCN3)cc2)cc1. The second-order valence-electron chi connectivity index (χ2n) is 5.55. The number of aliphatic imine (C=N–C) groups is 1. The molecule has 0 aromatic heterocycles. The van der Waals surface area contributed by atoms with Crippen molar-refractivity contribution in [3.05, 3.63) is 54.1 Å². The lowest BCUT2D eigenvalue weighted by atomic mass is 10.2. The minimum absolute atomic E-state index is 0.118. The second kappa shape index (κ2) is 6.94. The maximum absolute atomic E-state index is 12.4. The fourth-order valence-corrected chi connectivity index (χ4v) is 3.48. The maximum Gasteiger partial charge on any atom is 0.261 e. The highest BCUT2D eigenvalue weighted by molar-refractivity contribution is 7.92. The van der Waals surface area contributed by atoms with Gasteiger partial charge in [0.1, 0.15) is 5.84 Å². The predicted octanol–water partition coefficient (Wildman–Crippen LogP) is 1.80. The van der Waals surface area contributed by atoms with Crippen LogP contribution in [0.2, 0.25) is 0 Å². The molecular formula is C17H18N4O3S. The Morgan fingerprint density at radius 1 is 1.04 bits per heavy atom. The largest absolute Gasteiger partial charge is 0.368 e. The monoisotopic (exact) mass is 358 g/mol. The molecule has 2 aromatic carbocycles. The lowest BCUT2D eigenvalue weighted by Gasteiger charge is -2.10. The number of amidine groups is 1. The average Bonchev–Trinajstić information content (AvgIpc) is 3.09. The van der Waals surface area contributed by atoms with E-state index < -0.39 is 10.0 Å². The van der Waals surface area contributed by atoms with Crippen molar-refractivity contribution >= 4 is 33.1 Å². The highest BCUT2D eigenvalue weighted by Gasteiger charge is 2.15. The van der Waals surface area contributed by atoms with E-state index in [0.717, 1.165) is 24.5 Å². The molecule has 130 valence electrons. The van der Waals surface area contributed by atoms with Crippen LogP contribution in [0, 0.1) is 0 Å². The lowest BCUT2D eigenvalue weighted by Crippen LogP contribution is -2.19. The summed E-state index contributed by atoms with van der Waals surface area (Å²) in [6.45, 7) is 2.96. The Morgan fingerprint density at radius 3 is 2.24 bits per heavy atom. The van der Waals surface area contributed by atoms with Crippen molar-refractivity contribution in [1.29, 1.82) is 0 Å². The molecule has 0 atom stereocenters. The first-order valence-electron chi connectivity index (χ1n) is 7.73. The fraction of sp³-hybridized carbons (Fsp3) is 0.176. The van der Waals surface area contributed by atoms with Crippen LogP contribution < -0.4 is 15.4 Å². The van der Waals surface area contributed by atoms with Crippen molar-refractivity contribution < 1.29 is 13.2 Å². The average molecular weight is 358 g/mol. The number of nitrogens with one attached hydrogen (secondary N) is 3. The van der Waals surface area contributed by atoms with Crippen LogP contribution in [0.15, 0.2) is 58.4 Å². The molecule has 8 heteroatoms. The van der Waals surface area contributed by atoms with Gasteiger partial charge < -0.3 is 10.6 Å². The molecule has 1 aliphatic heterocycles. The molecule has 7 nitrogen and oxygen atoms in total. The van der Waals surface area contributed by atoms with Crippen LogP contribution in [0.4, 0.5) is 11.4 Å². The topological polar surface area (TPSA) is 99.7 Å². The summed E-state index contributed by atoms with van der Waals surface area (Å²) in [5.74, 6) is 0.609. The van der Waals surface area contributed by atoms with Gasteiger partial charge in [-0.25, -0.2) is 8.42 Å². The Morgan fingerprint density at radius 2 is 1.68 bits per heavy atom.